The van der Waals surface area contributed by atoms with Gasteiger partial charge < -0.3 is 10.0 Å². The molecule has 1 aliphatic heterocycles. The highest BCUT2D eigenvalue weighted by atomic mass is 35.5. The molecule has 3 aromatic rings. The fraction of sp³-hybridized carbons (Fsp3) is 0.238. The van der Waals surface area contributed by atoms with Gasteiger partial charge in [-0.05, 0) is 56.2 Å². The lowest BCUT2D eigenvalue weighted by atomic mass is 10.0. The molecule has 0 saturated carbocycles. The maximum absolute atomic E-state index is 13.0. The number of pyridine rings is 1. The molecule has 1 aliphatic rings. The summed E-state index contributed by atoms with van der Waals surface area (Å²) in [6.07, 6.45) is 3.11. The van der Waals surface area contributed by atoms with Crippen molar-refractivity contribution in [2.75, 3.05) is 6.54 Å². The summed E-state index contributed by atoms with van der Waals surface area (Å²) >= 11 is 5.84. The first kappa shape index (κ1) is 18.4. The van der Waals surface area contributed by atoms with Crippen molar-refractivity contribution >= 4 is 17.5 Å². The molecule has 0 bridgehead atoms. The standard InChI is InChI=1S/C21H19ClN4O2/c1-13-24-18-3-2-10-26(21(28)15-6-9-19(22)23-11-15)12-17(18)20(25-13)14-4-7-16(27)8-5-14/h4-9,11,27H,2-3,10,12H2,1H3. The smallest absolute Gasteiger partial charge is 0.255 e. The van der Waals surface area contributed by atoms with E-state index < -0.39 is 0 Å². The van der Waals surface area contributed by atoms with E-state index in [0.717, 1.165) is 35.4 Å². The van der Waals surface area contributed by atoms with E-state index in [4.69, 9.17) is 11.6 Å². The zero-order valence-corrected chi connectivity index (χ0v) is 16.1. The van der Waals surface area contributed by atoms with E-state index in [-0.39, 0.29) is 11.7 Å². The predicted molar refractivity (Wildman–Crippen MR) is 106 cm³/mol. The minimum Gasteiger partial charge on any atom is -0.508 e. The molecule has 1 aromatic carbocycles. The van der Waals surface area contributed by atoms with Gasteiger partial charge in [0.1, 0.15) is 16.7 Å². The molecule has 142 valence electrons. The van der Waals surface area contributed by atoms with Crippen molar-refractivity contribution < 1.29 is 9.90 Å². The van der Waals surface area contributed by atoms with Crippen LogP contribution in [0, 0.1) is 6.92 Å². The molecule has 4 rings (SSSR count). The average Bonchev–Trinajstić information content (AvgIpc) is 2.90. The number of aromatic hydroxyl groups is 1. The summed E-state index contributed by atoms with van der Waals surface area (Å²) in [5.41, 5.74) is 4.12. The zero-order valence-electron chi connectivity index (χ0n) is 15.4. The van der Waals surface area contributed by atoms with Gasteiger partial charge in [-0.2, -0.15) is 0 Å². The van der Waals surface area contributed by atoms with Crippen LogP contribution < -0.4 is 0 Å². The fourth-order valence-electron chi connectivity index (χ4n) is 3.45. The molecule has 1 amide bonds. The SMILES string of the molecule is Cc1nc2c(c(-c3ccc(O)cc3)n1)CN(C(=O)c1ccc(Cl)nc1)CCC2. The second-order valence-electron chi connectivity index (χ2n) is 6.79. The van der Waals surface area contributed by atoms with Gasteiger partial charge in [-0.25, -0.2) is 15.0 Å². The number of fused-ring (bicyclic) bond motifs is 1. The first-order chi connectivity index (χ1) is 13.5. The lowest BCUT2D eigenvalue weighted by Gasteiger charge is -2.22. The molecule has 28 heavy (non-hydrogen) atoms. The van der Waals surface area contributed by atoms with Crippen LogP contribution in [-0.2, 0) is 13.0 Å². The summed E-state index contributed by atoms with van der Waals surface area (Å²) in [5.74, 6) is 0.811. The first-order valence-corrected chi connectivity index (χ1v) is 9.45. The van der Waals surface area contributed by atoms with Crippen LogP contribution in [0.1, 0.15) is 33.9 Å². The molecule has 0 aliphatic carbocycles. The highest BCUT2D eigenvalue weighted by Gasteiger charge is 2.24. The molecule has 0 radical (unpaired) electrons. The van der Waals surface area contributed by atoms with Gasteiger partial charge in [-0.15, -0.1) is 0 Å². The van der Waals surface area contributed by atoms with E-state index in [0.29, 0.717) is 29.6 Å². The molecule has 0 atom stereocenters. The summed E-state index contributed by atoms with van der Waals surface area (Å²) < 4.78 is 0. The summed E-state index contributed by atoms with van der Waals surface area (Å²) in [4.78, 5) is 28.1. The van der Waals surface area contributed by atoms with Crippen LogP contribution in [0.4, 0.5) is 0 Å². The Balaban J connectivity index is 1.73. The van der Waals surface area contributed by atoms with Gasteiger partial charge in [0.15, 0.2) is 0 Å². The van der Waals surface area contributed by atoms with Crippen LogP contribution in [-0.4, -0.2) is 37.4 Å². The molecule has 7 heteroatoms. The number of rotatable bonds is 2. The van der Waals surface area contributed by atoms with Crippen molar-refractivity contribution in [3.8, 4) is 17.0 Å². The number of hydrogen-bond donors (Lipinski definition) is 1. The van der Waals surface area contributed by atoms with E-state index in [9.17, 15) is 9.90 Å². The number of amides is 1. The Morgan fingerprint density at radius 1 is 1.14 bits per heavy atom. The number of carbonyl (C=O) groups excluding carboxylic acids is 1. The summed E-state index contributed by atoms with van der Waals surface area (Å²) in [7, 11) is 0. The molecule has 2 aromatic heterocycles. The maximum Gasteiger partial charge on any atom is 0.255 e. The van der Waals surface area contributed by atoms with Crippen molar-refractivity contribution in [2.45, 2.75) is 26.3 Å². The van der Waals surface area contributed by atoms with Crippen LogP contribution in [0.15, 0.2) is 42.6 Å². The fourth-order valence-corrected chi connectivity index (χ4v) is 3.56. The van der Waals surface area contributed by atoms with Crippen LogP contribution in [0.5, 0.6) is 5.75 Å². The van der Waals surface area contributed by atoms with Crippen molar-refractivity contribution in [1.82, 2.24) is 19.9 Å². The van der Waals surface area contributed by atoms with E-state index >= 15 is 0 Å². The Morgan fingerprint density at radius 2 is 1.93 bits per heavy atom. The monoisotopic (exact) mass is 394 g/mol. The van der Waals surface area contributed by atoms with E-state index in [1.54, 1.807) is 29.2 Å². The van der Waals surface area contributed by atoms with Gasteiger partial charge in [0.05, 0.1) is 11.3 Å². The Hall–Kier alpha value is -2.99. The van der Waals surface area contributed by atoms with Gasteiger partial charge in [0, 0.05) is 36.1 Å². The lowest BCUT2D eigenvalue weighted by Crippen LogP contribution is -2.31. The highest BCUT2D eigenvalue weighted by molar-refractivity contribution is 6.29. The van der Waals surface area contributed by atoms with Crippen LogP contribution >= 0.6 is 11.6 Å². The number of benzene rings is 1. The third-order valence-electron chi connectivity index (χ3n) is 4.80. The quantitative estimate of drug-likeness (QED) is 0.669. The molecule has 0 saturated heterocycles. The molecule has 3 heterocycles. The van der Waals surface area contributed by atoms with Crippen molar-refractivity contribution in [2.24, 2.45) is 0 Å². The van der Waals surface area contributed by atoms with Crippen molar-refractivity contribution in [1.29, 1.82) is 0 Å². The number of halogens is 1. The Bertz CT molecular complexity index is 1020. The second-order valence-corrected chi connectivity index (χ2v) is 7.18. The zero-order chi connectivity index (χ0) is 19.7. The van der Waals surface area contributed by atoms with Crippen LogP contribution in [0.2, 0.25) is 5.15 Å². The number of hydrogen-bond acceptors (Lipinski definition) is 5. The van der Waals surface area contributed by atoms with Gasteiger partial charge >= 0.3 is 0 Å². The van der Waals surface area contributed by atoms with E-state index in [2.05, 4.69) is 15.0 Å². The van der Waals surface area contributed by atoms with E-state index in [1.807, 2.05) is 19.1 Å². The number of nitrogens with zero attached hydrogens (tertiary/aromatic N) is 4. The third-order valence-corrected chi connectivity index (χ3v) is 5.02. The topological polar surface area (TPSA) is 79.2 Å². The average molecular weight is 395 g/mol. The molecule has 0 unspecified atom stereocenters. The van der Waals surface area contributed by atoms with Gasteiger partial charge in [0.25, 0.3) is 5.91 Å². The summed E-state index contributed by atoms with van der Waals surface area (Å²) in [6, 6.07) is 10.2. The Morgan fingerprint density at radius 3 is 2.64 bits per heavy atom. The van der Waals surface area contributed by atoms with Gasteiger partial charge in [0.2, 0.25) is 0 Å². The highest BCUT2D eigenvalue weighted by Crippen LogP contribution is 2.29. The van der Waals surface area contributed by atoms with Crippen molar-refractivity contribution in [3.63, 3.8) is 0 Å². The second kappa shape index (κ2) is 7.56. The summed E-state index contributed by atoms with van der Waals surface area (Å²) in [6.45, 7) is 2.93. The van der Waals surface area contributed by atoms with Crippen LogP contribution in [0.3, 0.4) is 0 Å². The lowest BCUT2D eigenvalue weighted by molar-refractivity contribution is 0.0745. The molecular formula is C21H19ClN4O2. The molecule has 1 N–H and O–H groups in total. The normalized spacial score (nSPS) is 13.7. The van der Waals surface area contributed by atoms with E-state index in [1.165, 1.54) is 6.20 Å². The minimum atomic E-state index is -0.0887. The largest absolute Gasteiger partial charge is 0.508 e. The number of carbonyl (C=O) groups is 1. The molecule has 6 nitrogen and oxygen atoms in total. The minimum absolute atomic E-state index is 0.0887. The third kappa shape index (κ3) is 3.68. The number of aromatic nitrogens is 3. The van der Waals surface area contributed by atoms with Gasteiger partial charge in [-0.1, -0.05) is 11.6 Å². The van der Waals surface area contributed by atoms with Crippen LogP contribution in [0.25, 0.3) is 11.3 Å². The van der Waals surface area contributed by atoms with Crippen molar-refractivity contribution in [3.05, 3.63) is 70.4 Å². The molecule has 0 fully saturated rings. The Kier molecular flexibility index (Phi) is 4.96. The molecular weight excluding hydrogens is 376 g/mol. The first-order valence-electron chi connectivity index (χ1n) is 9.08. The maximum atomic E-state index is 13.0. The number of aryl methyl sites for hydroxylation is 2. The van der Waals surface area contributed by atoms with Gasteiger partial charge in [-0.3, -0.25) is 4.79 Å². The molecule has 0 spiro atoms. The number of phenolic OH excluding ortho intramolecular Hbond substituents is 1. The number of phenols is 1. The Labute approximate surface area is 167 Å². The predicted octanol–water partition coefficient (Wildman–Crippen LogP) is 3.79. The summed E-state index contributed by atoms with van der Waals surface area (Å²) in [5, 5.41) is 9.96.